The Labute approximate surface area is 117 Å². The number of rotatable bonds is 3. The Hall–Kier alpha value is -2.50. The van der Waals surface area contributed by atoms with Gasteiger partial charge in [-0.15, -0.1) is 0 Å². The van der Waals surface area contributed by atoms with Gasteiger partial charge in [-0.1, -0.05) is 45.0 Å². The van der Waals surface area contributed by atoms with Crippen LogP contribution in [0.1, 0.15) is 31.9 Å². The van der Waals surface area contributed by atoms with E-state index >= 15 is 0 Å². The standard InChI is InChI=1S/C14H17N5O/c1-14(2,3)11-6-4-10(5-7-11)8-15-18-12-9-16-19-13(20)17-12/h4-9H,1-3H3,(H2,17,18,19,20). The lowest BCUT2D eigenvalue weighted by molar-refractivity contribution is 0.590. The van der Waals surface area contributed by atoms with E-state index in [1.165, 1.54) is 11.8 Å². The Bertz CT molecular complexity index is 652. The van der Waals surface area contributed by atoms with E-state index in [0.29, 0.717) is 5.82 Å². The van der Waals surface area contributed by atoms with Crippen molar-refractivity contribution in [3.8, 4) is 0 Å². The highest BCUT2D eigenvalue weighted by molar-refractivity contribution is 5.80. The molecule has 0 aliphatic rings. The summed E-state index contributed by atoms with van der Waals surface area (Å²) >= 11 is 0. The number of aromatic amines is 1. The molecular weight excluding hydrogens is 254 g/mol. The second-order valence-corrected chi connectivity index (χ2v) is 5.41. The van der Waals surface area contributed by atoms with Crippen molar-refractivity contribution in [3.05, 3.63) is 52.1 Å². The van der Waals surface area contributed by atoms with Crippen LogP contribution in [0.15, 0.2) is 40.4 Å². The van der Waals surface area contributed by atoms with Crippen LogP contribution in [0.5, 0.6) is 0 Å². The normalized spacial score (nSPS) is 11.8. The molecule has 0 aliphatic carbocycles. The highest BCUT2D eigenvalue weighted by Gasteiger charge is 2.12. The Morgan fingerprint density at radius 2 is 1.95 bits per heavy atom. The molecule has 0 spiro atoms. The molecule has 20 heavy (non-hydrogen) atoms. The third-order valence-electron chi connectivity index (χ3n) is 2.74. The Morgan fingerprint density at radius 3 is 2.55 bits per heavy atom. The van der Waals surface area contributed by atoms with Gasteiger partial charge < -0.3 is 0 Å². The molecule has 2 N–H and O–H groups in total. The van der Waals surface area contributed by atoms with Crippen molar-refractivity contribution in [2.75, 3.05) is 5.43 Å². The van der Waals surface area contributed by atoms with E-state index in [1.54, 1.807) is 6.21 Å². The fourth-order valence-corrected chi connectivity index (χ4v) is 1.61. The summed E-state index contributed by atoms with van der Waals surface area (Å²) in [5.74, 6) is 0.302. The first-order valence-electron chi connectivity index (χ1n) is 6.26. The minimum Gasteiger partial charge on any atom is -0.260 e. The van der Waals surface area contributed by atoms with Crippen molar-refractivity contribution < 1.29 is 0 Å². The van der Waals surface area contributed by atoms with Crippen LogP contribution in [0.2, 0.25) is 0 Å². The van der Waals surface area contributed by atoms with Crippen LogP contribution in [0, 0.1) is 0 Å². The summed E-state index contributed by atoms with van der Waals surface area (Å²) in [6, 6.07) is 8.15. The summed E-state index contributed by atoms with van der Waals surface area (Å²) in [6.07, 6.45) is 3.05. The molecule has 1 aromatic carbocycles. The third-order valence-corrected chi connectivity index (χ3v) is 2.74. The molecule has 6 nitrogen and oxygen atoms in total. The zero-order chi connectivity index (χ0) is 14.6. The molecular formula is C14H17N5O. The van der Waals surface area contributed by atoms with E-state index < -0.39 is 5.69 Å². The summed E-state index contributed by atoms with van der Waals surface area (Å²) in [7, 11) is 0. The maximum atomic E-state index is 10.9. The van der Waals surface area contributed by atoms with Gasteiger partial charge in [0.2, 0.25) is 0 Å². The molecule has 0 aliphatic heterocycles. The van der Waals surface area contributed by atoms with E-state index in [1.807, 2.05) is 12.1 Å². The van der Waals surface area contributed by atoms with Gasteiger partial charge in [-0.3, -0.25) is 5.43 Å². The first-order valence-corrected chi connectivity index (χ1v) is 6.26. The van der Waals surface area contributed by atoms with E-state index in [4.69, 9.17) is 0 Å². The summed E-state index contributed by atoms with van der Waals surface area (Å²) in [4.78, 5) is 14.6. The molecule has 0 fully saturated rings. The zero-order valence-corrected chi connectivity index (χ0v) is 11.7. The first kappa shape index (κ1) is 13.9. The molecule has 1 aromatic heterocycles. The largest absolute Gasteiger partial charge is 0.363 e. The lowest BCUT2D eigenvalue weighted by Crippen LogP contribution is -2.13. The first-order chi connectivity index (χ1) is 9.45. The topological polar surface area (TPSA) is 83.0 Å². The predicted octanol–water partition coefficient (Wildman–Crippen LogP) is 1.91. The second-order valence-electron chi connectivity index (χ2n) is 5.41. The van der Waals surface area contributed by atoms with Gasteiger partial charge in [0.05, 0.1) is 12.4 Å². The van der Waals surface area contributed by atoms with Crippen molar-refractivity contribution >= 4 is 12.0 Å². The number of hydrazone groups is 1. The molecule has 104 valence electrons. The lowest BCUT2D eigenvalue weighted by atomic mass is 9.87. The predicted molar refractivity (Wildman–Crippen MR) is 79.0 cm³/mol. The average molecular weight is 271 g/mol. The number of nitrogens with one attached hydrogen (secondary N) is 2. The van der Waals surface area contributed by atoms with E-state index in [0.717, 1.165) is 5.56 Å². The van der Waals surface area contributed by atoms with E-state index in [-0.39, 0.29) is 5.41 Å². The minimum absolute atomic E-state index is 0.134. The maximum Gasteiger partial charge on any atom is 0.363 e. The summed E-state index contributed by atoms with van der Waals surface area (Å²) in [5, 5.41) is 9.82. The molecule has 0 unspecified atom stereocenters. The Morgan fingerprint density at radius 1 is 1.25 bits per heavy atom. The van der Waals surface area contributed by atoms with Crippen LogP contribution in [0.3, 0.4) is 0 Å². The Balaban J connectivity index is 2.03. The van der Waals surface area contributed by atoms with E-state index in [9.17, 15) is 4.79 Å². The van der Waals surface area contributed by atoms with Crippen molar-refractivity contribution in [3.63, 3.8) is 0 Å². The van der Waals surface area contributed by atoms with Crippen molar-refractivity contribution in [1.82, 2.24) is 15.2 Å². The van der Waals surface area contributed by atoms with Crippen LogP contribution in [0.4, 0.5) is 5.82 Å². The average Bonchev–Trinajstić information content (AvgIpc) is 2.38. The summed E-state index contributed by atoms with van der Waals surface area (Å²) in [5.41, 5.74) is 4.50. The Kier molecular flexibility index (Phi) is 3.93. The monoisotopic (exact) mass is 271 g/mol. The number of nitrogens with zero attached hydrogens (tertiary/aromatic N) is 3. The number of H-pyrrole nitrogens is 1. The van der Waals surface area contributed by atoms with Crippen LogP contribution in [-0.2, 0) is 5.41 Å². The van der Waals surface area contributed by atoms with E-state index in [2.05, 4.69) is 58.6 Å². The SMILES string of the molecule is CC(C)(C)c1ccc(C=NNc2cn[nH]c(=O)n2)cc1. The number of hydrogen-bond donors (Lipinski definition) is 2. The zero-order valence-electron chi connectivity index (χ0n) is 11.7. The lowest BCUT2D eigenvalue weighted by Gasteiger charge is -2.18. The van der Waals surface area contributed by atoms with Crippen molar-refractivity contribution in [1.29, 1.82) is 0 Å². The molecule has 0 amide bonds. The molecule has 2 rings (SSSR count). The molecule has 2 aromatic rings. The highest BCUT2D eigenvalue weighted by atomic mass is 16.1. The fraction of sp³-hybridized carbons (Fsp3) is 0.286. The van der Waals surface area contributed by atoms with Crippen LogP contribution >= 0.6 is 0 Å². The second kappa shape index (κ2) is 5.64. The van der Waals surface area contributed by atoms with Gasteiger partial charge in [0.1, 0.15) is 0 Å². The summed E-state index contributed by atoms with van der Waals surface area (Å²) < 4.78 is 0. The summed E-state index contributed by atoms with van der Waals surface area (Å²) in [6.45, 7) is 6.51. The third kappa shape index (κ3) is 3.74. The smallest absolute Gasteiger partial charge is 0.260 e. The van der Waals surface area contributed by atoms with Gasteiger partial charge >= 0.3 is 5.69 Å². The van der Waals surface area contributed by atoms with Gasteiger partial charge in [0.25, 0.3) is 0 Å². The molecule has 6 heteroatoms. The number of hydrogen-bond acceptors (Lipinski definition) is 5. The molecule has 0 saturated carbocycles. The van der Waals surface area contributed by atoms with Crippen LogP contribution in [0.25, 0.3) is 0 Å². The molecule has 0 bridgehead atoms. The molecule has 1 heterocycles. The van der Waals surface area contributed by atoms with Gasteiger partial charge in [-0.05, 0) is 16.5 Å². The fourth-order valence-electron chi connectivity index (χ4n) is 1.61. The van der Waals surface area contributed by atoms with Crippen LogP contribution < -0.4 is 11.1 Å². The van der Waals surface area contributed by atoms with Gasteiger partial charge in [-0.2, -0.15) is 15.2 Å². The number of benzene rings is 1. The maximum absolute atomic E-state index is 10.9. The number of anilines is 1. The minimum atomic E-state index is -0.514. The molecule has 0 radical (unpaired) electrons. The van der Waals surface area contributed by atoms with Gasteiger partial charge in [0.15, 0.2) is 5.82 Å². The molecule has 0 saturated heterocycles. The van der Waals surface area contributed by atoms with Crippen LogP contribution in [-0.4, -0.2) is 21.4 Å². The number of aromatic nitrogens is 3. The quantitative estimate of drug-likeness (QED) is 0.660. The molecule has 0 atom stereocenters. The van der Waals surface area contributed by atoms with Gasteiger partial charge in [-0.25, -0.2) is 9.89 Å². The highest BCUT2D eigenvalue weighted by Crippen LogP contribution is 2.21. The van der Waals surface area contributed by atoms with Gasteiger partial charge in [0, 0.05) is 0 Å². The van der Waals surface area contributed by atoms with Crippen molar-refractivity contribution in [2.24, 2.45) is 5.10 Å². The van der Waals surface area contributed by atoms with Crippen molar-refractivity contribution in [2.45, 2.75) is 26.2 Å².